The van der Waals surface area contributed by atoms with Gasteiger partial charge in [0.25, 0.3) is 0 Å². The predicted octanol–water partition coefficient (Wildman–Crippen LogP) is 2.76. The zero-order chi connectivity index (χ0) is 18.1. The van der Waals surface area contributed by atoms with Crippen LogP contribution < -0.4 is 0 Å². The largest absolute Gasteiger partial charge is 0.392 e. The lowest BCUT2D eigenvalue weighted by molar-refractivity contribution is 0.0288. The molecule has 1 saturated heterocycles. The minimum absolute atomic E-state index is 0.298. The van der Waals surface area contributed by atoms with Gasteiger partial charge in [-0.1, -0.05) is 29.8 Å². The van der Waals surface area contributed by atoms with Crippen molar-refractivity contribution in [2.75, 3.05) is 45.9 Å². The Morgan fingerprint density at radius 1 is 1.32 bits per heavy atom. The van der Waals surface area contributed by atoms with Crippen molar-refractivity contribution in [1.82, 2.24) is 9.80 Å². The number of hydrogen-bond donors (Lipinski definition) is 1. The molecule has 0 bridgehead atoms. The molecule has 0 aliphatic carbocycles. The Hall–Kier alpha value is -1.20. The summed E-state index contributed by atoms with van der Waals surface area (Å²) in [5.74, 6) is 0. The molecule has 0 unspecified atom stereocenters. The van der Waals surface area contributed by atoms with Crippen molar-refractivity contribution in [1.29, 1.82) is 0 Å². The van der Waals surface area contributed by atoms with Gasteiger partial charge in [-0.3, -0.25) is 9.80 Å². The number of aliphatic hydroxyl groups excluding tert-OH is 1. The van der Waals surface area contributed by atoms with Crippen molar-refractivity contribution >= 4 is 0 Å². The molecule has 0 amide bonds. The first-order chi connectivity index (χ1) is 12.1. The van der Waals surface area contributed by atoms with Crippen molar-refractivity contribution < 1.29 is 9.84 Å². The summed E-state index contributed by atoms with van der Waals surface area (Å²) in [5.41, 5.74) is 3.98. The van der Waals surface area contributed by atoms with E-state index in [1.807, 2.05) is 6.08 Å². The Kier molecular flexibility index (Phi) is 8.62. The molecule has 4 nitrogen and oxygen atoms in total. The molecule has 1 aromatic rings. The first-order valence-electron chi connectivity index (χ1n) is 9.46. The van der Waals surface area contributed by atoms with Crippen LogP contribution in [0, 0.1) is 13.8 Å². The average molecular weight is 347 g/mol. The summed E-state index contributed by atoms with van der Waals surface area (Å²) >= 11 is 0. The van der Waals surface area contributed by atoms with Crippen LogP contribution in [-0.4, -0.2) is 66.9 Å². The number of rotatable bonds is 10. The molecule has 1 aliphatic heterocycles. The number of nitrogens with zero attached hydrogens (tertiary/aromatic N) is 2. The van der Waals surface area contributed by atoms with E-state index in [1.54, 1.807) is 0 Å². The third-order valence-corrected chi connectivity index (χ3v) is 4.90. The minimum atomic E-state index is -0.298. The van der Waals surface area contributed by atoms with Gasteiger partial charge in [0.15, 0.2) is 0 Å². The van der Waals surface area contributed by atoms with Gasteiger partial charge in [-0.15, -0.1) is 6.58 Å². The Morgan fingerprint density at radius 3 is 2.76 bits per heavy atom. The molecule has 1 N–H and O–H groups in total. The summed E-state index contributed by atoms with van der Waals surface area (Å²) in [6, 6.07) is 6.64. The second kappa shape index (κ2) is 10.7. The highest BCUT2D eigenvalue weighted by Gasteiger charge is 2.16. The van der Waals surface area contributed by atoms with Crippen LogP contribution in [0.15, 0.2) is 30.9 Å². The molecule has 1 aliphatic rings. The summed E-state index contributed by atoms with van der Waals surface area (Å²) < 4.78 is 5.43. The topological polar surface area (TPSA) is 35.9 Å². The molecule has 1 heterocycles. The van der Waals surface area contributed by atoms with Crippen LogP contribution in [0.2, 0.25) is 0 Å². The van der Waals surface area contributed by atoms with Crippen molar-refractivity contribution in [3.05, 3.63) is 47.5 Å². The zero-order valence-electron chi connectivity index (χ0n) is 15.9. The number of hydrogen-bond acceptors (Lipinski definition) is 4. The monoisotopic (exact) mass is 346 g/mol. The lowest BCUT2D eigenvalue weighted by atomic mass is 10.0. The molecule has 0 saturated carbocycles. The quantitative estimate of drug-likeness (QED) is 0.661. The summed E-state index contributed by atoms with van der Waals surface area (Å²) in [7, 11) is 0. The van der Waals surface area contributed by atoms with Gasteiger partial charge >= 0.3 is 0 Å². The molecule has 140 valence electrons. The number of aryl methyl sites for hydroxylation is 2. The van der Waals surface area contributed by atoms with Gasteiger partial charge < -0.3 is 9.84 Å². The van der Waals surface area contributed by atoms with E-state index in [4.69, 9.17) is 4.74 Å². The molecule has 1 fully saturated rings. The van der Waals surface area contributed by atoms with E-state index >= 15 is 0 Å². The fourth-order valence-corrected chi connectivity index (χ4v) is 3.31. The van der Waals surface area contributed by atoms with E-state index in [9.17, 15) is 5.11 Å². The maximum absolute atomic E-state index is 10.4. The molecule has 0 spiro atoms. The standard InChI is InChI=1S/C21H34N2O2/c1-4-5-6-21(24)17-23(10-9-22-11-13-25-14-12-22)16-20-8-7-18(2)15-19(20)3/h4,7-8,15,21,24H,1,5-6,9-14,16-17H2,2-3H3/t21-/m1/s1. The predicted molar refractivity (Wildman–Crippen MR) is 104 cm³/mol. The highest BCUT2D eigenvalue weighted by Crippen LogP contribution is 2.14. The highest BCUT2D eigenvalue weighted by atomic mass is 16.5. The van der Waals surface area contributed by atoms with Crippen LogP contribution in [0.5, 0.6) is 0 Å². The second-order valence-electron chi connectivity index (χ2n) is 7.14. The first-order valence-corrected chi connectivity index (χ1v) is 9.46. The SMILES string of the molecule is C=CCC[C@@H](O)CN(CCN1CCOCC1)Cc1ccc(C)cc1C. The molecular weight excluding hydrogens is 312 g/mol. The minimum Gasteiger partial charge on any atom is -0.392 e. The van der Waals surface area contributed by atoms with Gasteiger partial charge in [0.05, 0.1) is 19.3 Å². The van der Waals surface area contributed by atoms with Crippen LogP contribution in [0.3, 0.4) is 0 Å². The third-order valence-electron chi connectivity index (χ3n) is 4.90. The van der Waals surface area contributed by atoms with Crippen molar-refractivity contribution in [2.45, 2.75) is 39.3 Å². The maximum Gasteiger partial charge on any atom is 0.0670 e. The molecule has 25 heavy (non-hydrogen) atoms. The number of morpholine rings is 1. The van der Waals surface area contributed by atoms with Gasteiger partial charge in [-0.2, -0.15) is 0 Å². The summed E-state index contributed by atoms with van der Waals surface area (Å²) in [6.07, 6.45) is 3.23. The second-order valence-corrected chi connectivity index (χ2v) is 7.14. The lowest BCUT2D eigenvalue weighted by Gasteiger charge is -2.31. The van der Waals surface area contributed by atoms with Gasteiger partial charge in [0, 0.05) is 39.3 Å². The Morgan fingerprint density at radius 2 is 2.08 bits per heavy atom. The maximum atomic E-state index is 10.4. The third kappa shape index (κ3) is 7.28. The Balaban J connectivity index is 1.95. The van der Waals surface area contributed by atoms with Crippen molar-refractivity contribution in [3.63, 3.8) is 0 Å². The van der Waals surface area contributed by atoms with Gasteiger partial charge in [-0.25, -0.2) is 0 Å². The van der Waals surface area contributed by atoms with Crippen LogP contribution in [-0.2, 0) is 11.3 Å². The highest BCUT2D eigenvalue weighted by molar-refractivity contribution is 5.30. The zero-order valence-corrected chi connectivity index (χ0v) is 15.9. The Labute approximate surface area is 153 Å². The van der Waals surface area contributed by atoms with Crippen LogP contribution >= 0.6 is 0 Å². The molecule has 4 heteroatoms. The van der Waals surface area contributed by atoms with Crippen molar-refractivity contribution in [3.8, 4) is 0 Å². The fraction of sp³-hybridized carbons (Fsp3) is 0.619. The lowest BCUT2D eigenvalue weighted by Crippen LogP contribution is -2.43. The first kappa shape index (κ1) is 20.1. The molecule has 2 rings (SSSR count). The van der Waals surface area contributed by atoms with Crippen LogP contribution in [0.4, 0.5) is 0 Å². The molecule has 0 aromatic heterocycles. The van der Waals surface area contributed by atoms with Crippen LogP contribution in [0.25, 0.3) is 0 Å². The van der Waals surface area contributed by atoms with E-state index in [0.717, 1.165) is 58.8 Å². The molecular formula is C21H34N2O2. The molecule has 1 atom stereocenters. The van der Waals surface area contributed by atoms with E-state index in [0.29, 0.717) is 6.54 Å². The number of benzene rings is 1. The smallest absolute Gasteiger partial charge is 0.0670 e. The van der Waals surface area contributed by atoms with E-state index in [2.05, 4.69) is 48.4 Å². The number of aliphatic hydroxyl groups is 1. The summed E-state index contributed by atoms with van der Waals surface area (Å²) in [6.45, 7) is 15.4. The van der Waals surface area contributed by atoms with Crippen molar-refractivity contribution in [2.24, 2.45) is 0 Å². The molecule has 1 aromatic carbocycles. The van der Waals surface area contributed by atoms with Gasteiger partial charge in [0.2, 0.25) is 0 Å². The Bertz CT molecular complexity index is 527. The number of allylic oxidation sites excluding steroid dienone is 1. The average Bonchev–Trinajstić information content (AvgIpc) is 2.61. The fourth-order valence-electron chi connectivity index (χ4n) is 3.31. The summed E-state index contributed by atoms with van der Waals surface area (Å²) in [4.78, 5) is 4.84. The van der Waals surface area contributed by atoms with E-state index in [-0.39, 0.29) is 6.10 Å². The normalized spacial score (nSPS) is 17.0. The summed E-state index contributed by atoms with van der Waals surface area (Å²) in [5, 5.41) is 10.4. The van der Waals surface area contributed by atoms with Crippen LogP contribution in [0.1, 0.15) is 29.5 Å². The molecule has 0 radical (unpaired) electrons. The van der Waals surface area contributed by atoms with Gasteiger partial charge in [0.1, 0.15) is 0 Å². The van der Waals surface area contributed by atoms with Gasteiger partial charge in [-0.05, 0) is 37.8 Å². The van der Waals surface area contributed by atoms with E-state index < -0.39 is 0 Å². The van der Waals surface area contributed by atoms with E-state index in [1.165, 1.54) is 16.7 Å². The number of ether oxygens (including phenoxy) is 1.